The normalized spacial score (nSPS) is 16.5. The van der Waals surface area contributed by atoms with E-state index in [1.54, 1.807) is 18.9 Å². The summed E-state index contributed by atoms with van der Waals surface area (Å²) in [6.45, 7) is 9.00. The van der Waals surface area contributed by atoms with Crippen LogP contribution in [0.15, 0.2) is 4.99 Å². The fraction of sp³-hybridized carbons (Fsp3) is 0.812. The maximum atomic E-state index is 11.7. The van der Waals surface area contributed by atoms with Crippen LogP contribution in [0.1, 0.15) is 40.5 Å². The van der Waals surface area contributed by atoms with E-state index < -0.39 is 5.60 Å². The molecule has 1 rings (SSSR count). The molecule has 1 fully saturated rings. The zero-order valence-electron chi connectivity index (χ0n) is 15.3. The highest BCUT2D eigenvalue weighted by Gasteiger charge is 2.24. The molecule has 8 heteroatoms. The molecule has 0 radical (unpaired) electrons. The molecule has 1 aliphatic heterocycles. The highest BCUT2D eigenvalue weighted by molar-refractivity contribution is 5.84. The Balaban J connectivity index is 2.35. The van der Waals surface area contributed by atoms with Crippen molar-refractivity contribution in [1.29, 1.82) is 0 Å². The third-order valence-electron chi connectivity index (χ3n) is 3.41. The first-order chi connectivity index (χ1) is 11.2. The van der Waals surface area contributed by atoms with Gasteiger partial charge in [-0.15, -0.1) is 0 Å². The number of rotatable bonds is 4. The number of nitrogens with one attached hydrogen (secondary N) is 2. The molecule has 0 saturated carbocycles. The maximum absolute atomic E-state index is 11.7. The Kier molecular flexibility index (Phi) is 7.81. The highest BCUT2D eigenvalue weighted by atomic mass is 16.6. The van der Waals surface area contributed by atoms with Crippen LogP contribution in [0.2, 0.25) is 0 Å². The van der Waals surface area contributed by atoms with E-state index in [1.807, 2.05) is 20.8 Å². The van der Waals surface area contributed by atoms with Gasteiger partial charge in [-0.2, -0.15) is 0 Å². The van der Waals surface area contributed by atoms with Crippen LogP contribution in [-0.2, 0) is 14.3 Å². The highest BCUT2D eigenvalue weighted by Crippen LogP contribution is 2.11. The van der Waals surface area contributed by atoms with Crippen molar-refractivity contribution < 1.29 is 19.1 Å². The molecule has 2 N–H and O–H groups in total. The molecule has 0 aromatic carbocycles. The van der Waals surface area contributed by atoms with Crippen molar-refractivity contribution >= 4 is 18.0 Å². The summed E-state index contributed by atoms with van der Waals surface area (Å²) in [5.74, 6) is 0.220. The zero-order valence-corrected chi connectivity index (χ0v) is 15.3. The van der Waals surface area contributed by atoms with Gasteiger partial charge >= 0.3 is 12.1 Å². The van der Waals surface area contributed by atoms with Crippen molar-refractivity contribution in [2.75, 3.05) is 33.3 Å². The van der Waals surface area contributed by atoms with Crippen LogP contribution in [-0.4, -0.2) is 67.9 Å². The van der Waals surface area contributed by atoms with Crippen LogP contribution in [0, 0.1) is 0 Å². The van der Waals surface area contributed by atoms with Crippen LogP contribution in [0.3, 0.4) is 0 Å². The zero-order chi connectivity index (χ0) is 18.2. The second-order valence-corrected chi connectivity index (χ2v) is 6.62. The van der Waals surface area contributed by atoms with Gasteiger partial charge in [0, 0.05) is 26.2 Å². The molecule has 24 heavy (non-hydrogen) atoms. The van der Waals surface area contributed by atoms with Crippen LogP contribution in [0.5, 0.6) is 0 Å². The Morgan fingerprint density at radius 3 is 2.38 bits per heavy atom. The second-order valence-electron chi connectivity index (χ2n) is 6.62. The van der Waals surface area contributed by atoms with E-state index in [4.69, 9.17) is 9.47 Å². The van der Waals surface area contributed by atoms with Crippen molar-refractivity contribution in [2.24, 2.45) is 4.99 Å². The number of hydrogen-bond acceptors (Lipinski definition) is 5. The molecule has 1 amide bonds. The van der Waals surface area contributed by atoms with Gasteiger partial charge in [0.1, 0.15) is 12.1 Å². The van der Waals surface area contributed by atoms with Gasteiger partial charge in [-0.05, 0) is 40.5 Å². The second kappa shape index (κ2) is 9.34. The van der Waals surface area contributed by atoms with Gasteiger partial charge in [-0.1, -0.05) is 0 Å². The summed E-state index contributed by atoms with van der Waals surface area (Å²) in [5.41, 5.74) is -0.504. The summed E-state index contributed by atoms with van der Waals surface area (Å²) < 4.78 is 10.2. The molecule has 0 aromatic rings. The van der Waals surface area contributed by atoms with Gasteiger partial charge in [-0.25, -0.2) is 4.79 Å². The van der Waals surface area contributed by atoms with Crippen molar-refractivity contribution in [3.05, 3.63) is 0 Å². The fourth-order valence-electron chi connectivity index (χ4n) is 2.34. The molecule has 1 saturated heterocycles. The summed E-state index contributed by atoms with van der Waals surface area (Å²) in [4.78, 5) is 29.2. The lowest BCUT2D eigenvalue weighted by Crippen LogP contribution is -2.50. The maximum Gasteiger partial charge on any atom is 0.409 e. The monoisotopic (exact) mass is 342 g/mol. The average Bonchev–Trinajstić information content (AvgIpc) is 2.50. The Labute approximate surface area is 144 Å². The largest absolute Gasteiger partial charge is 0.459 e. The van der Waals surface area contributed by atoms with E-state index in [1.165, 1.54) is 0 Å². The summed E-state index contributed by atoms with van der Waals surface area (Å²) in [5, 5.41) is 6.22. The van der Waals surface area contributed by atoms with Crippen molar-refractivity contribution in [3.63, 3.8) is 0 Å². The first-order valence-corrected chi connectivity index (χ1v) is 8.36. The first-order valence-electron chi connectivity index (χ1n) is 8.36. The standard InChI is InChI=1S/C16H30N4O4/c1-6-23-15(22)20-9-7-12(8-10-20)19-14(17-5)18-11-13(21)24-16(2,3)4/h12H,6-11H2,1-5H3,(H2,17,18,19). The van der Waals surface area contributed by atoms with Gasteiger partial charge < -0.3 is 25.0 Å². The number of piperidine rings is 1. The number of nitrogens with zero attached hydrogens (tertiary/aromatic N) is 2. The van der Waals surface area contributed by atoms with Gasteiger partial charge in [0.05, 0.1) is 6.61 Å². The summed E-state index contributed by atoms with van der Waals surface area (Å²) in [6.07, 6.45) is 1.33. The molecule has 1 aliphatic rings. The molecular formula is C16H30N4O4. The number of hydrogen-bond donors (Lipinski definition) is 2. The summed E-state index contributed by atoms with van der Waals surface area (Å²) in [6, 6.07) is 0.195. The quantitative estimate of drug-likeness (QED) is 0.452. The van der Waals surface area contributed by atoms with E-state index in [9.17, 15) is 9.59 Å². The Hall–Kier alpha value is -1.99. The van der Waals surface area contributed by atoms with Crippen molar-refractivity contribution in [1.82, 2.24) is 15.5 Å². The fourth-order valence-corrected chi connectivity index (χ4v) is 2.34. The van der Waals surface area contributed by atoms with Gasteiger partial charge in [0.2, 0.25) is 0 Å². The molecule has 1 heterocycles. The Bertz CT molecular complexity index is 451. The first kappa shape index (κ1) is 20.1. The number of amides is 1. The lowest BCUT2D eigenvalue weighted by atomic mass is 10.1. The number of aliphatic imine (C=N–C) groups is 1. The molecule has 8 nitrogen and oxygen atoms in total. The average molecular weight is 342 g/mol. The molecule has 0 spiro atoms. The van der Waals surface area contributed by atoms with E-state index in [2.05, 4.69) is 15.6 Å². The molecule has 0 bridgehead atoms. The van der Waals surface area contributed by atoms with Crippen LogP contribution in [0.25, 0.3) is 0 Å². The molecule has 0 aliphatic carbocycles. The van der Waals surface area contributed by atoms with Gasteiger partial charge in [0.25, 0.3) is 0 Å². The van der Waals surface area contributed by atoms with E-state index >= 15 is 0 Å². The third kappa shape index (κ3) is 7.52. The molecule has 0 aromatic heterocycles. The summed E-state index contributed by atoms with van der Waals surface area (Å²) in [7, 11) is 1.65. The predicted molar refractivity (Wildman–Crippen MR) is 92.0 cm³/mol. The number of esters is 1. The smallest absolute Gasteiger partial charge is 0.409 e. The van der Waals surface area contributed by atoms with Gasteiger partial charge in [-0.3, -0.25) is 9.79 Å². The van der Waals surface area contributed by atoms with Crippen LogP contribution in [0.4, 0.5) is 4.79 Å². The lowest BCUT2D eigenvalue weighted by molar-refractivity contribution is -0.153. The van der Waals surface area contributed by atoms with Crippen molar-refractivity contribution in [2.45, 2.75) is 52.2 Å². The minimum absolute atomic E-state index is 0.0542. The SMILES string of the molecule is CCOC(=O)N1CCC(NC(=NC)NCC(=O)OC(C)(C)C)CC1. The van der Waals surface area contributed by atoms with E-state index in [0.29, 0.717) is 25.7 Å². The number of carbonyl (C=O) groups excluding carboxylic acids is 2. The Morgan fingerprint density at radius 1 is 1.25 bits per heavy atom. The summed E-state index contributed by atoms with van der Waals surface area (Å²) >= 11 is 0. The minimum atomic E-state index is -0.504. The number of ether oxygens (including phenoxy) is 2. The molecule has 0 atom stereocenters. The molecule has 0 unspecified atom stereocenters. The number of carbonyl (C=O) groups is 2. The molecule has 138 valence electrons. The Morgan fingerprint density at radius 2 is 1.88 bits per heavy atom. The van der Waals surface area contributed by atoms with Gasteiger partial charge in [0.15, 0.2) is 5.96 Å². The minimum Gasteiger partial charge on any atom is -0.459 e. The molecular weight excluding hydrogens is 312 g/mol. The lowest BCUT2D eigenvalue weighted by Gasteiger charge is -2.32. The number of guanidine groups is 1. The van der Waals surface area contributed by atoms with E-state index in [-0.39, 0.29) is 24.6 Å². The van der Waals surface area contributed by atoms with Crippen LogP contribution < -0.4 is 10.6 Å². The topological polar surface area (TPSA) is 92.3 Å². The van der Waals surface area contributed by atoms with Crippen molar-refractivity contribution in [3.8, 4) is 0 Å². The van der Waals surface area contributed by atoms with E-state index in [0.717, 1.165) is 12.8 Å². The number of likely N-dealkylation sites (tertiary alicyclic amines) is 1. The predicted octanol–water partition coefficient (Wildman–Crippen LogP) is 1.11. The third-order valence-corrected chi connectivity index (χ3v) is 3.41. The van der Waals surface area contributed by atoms with Crippen LogP contribution >= 0.6 is 0 Å².